The van der Waals surface area contributed by atoms with Gasteiger partial charge in [-0.2, -0.15) is 0 Å². The molecule has 0 atom stereocenters. The third-order valence-electron chi connectivity index (χ3n) is 3.34. The molecule has 1 aliphatic rings. The topological polar surface area (TPSA) is 69.7 Å². The predicted octanol–water partition coefficient (Wildman–Crippen LogP) is 1.33. The highest BCUT2D eigenvalue weighted by Gasteiger charge is 2.37. The summed E-state index contributed by atoms with van der Waals surface area (Å²) in [5, 5.41) is 11.3. The van der Waals surface area contributed by atoms with Crippen molar-refractivity contribution in [2.24, 2.45) is 5.41 Å². The van der Waals surface area contributed by atoms with Crippen molar-refractivity contribution >= 4 is 12.1 Å². The van der Waals surface area contributed by atoms with Crippen molar-refractivity contribution < 1.29 is 19.4 Å². The Hall–Kier alpha value is -1.52. The van der Waals surface area contributed by atoms with Gasteiger partial charge in [-0.25, -0.2) is 4.79 Å². The zero-order valence-electron chi connectivity index (χ0n) is 11.9. The Balaban J connectivity index is 2.63. The van der Waals surface area contributed by atoms with Crippen molar-refractivity contribution in [3.8, 4) is 0 Å². The summed E-state index contributed by atoms with van der Waals surface area (Å²) in [7, 11) is 0. The van der Waals surface area contributed by atoms with E-state index in [0.29, 0.717) is 32.4 Å². The number of piperidine rings is 1. The molecular weight excluding hydrogens is 246 g/mol. The average molecular weight is 268 g/mol. The molecule has 0 aromatic carbocycles. The van der Waals surface area contributed by atoms with E-state index >= 15 is 0 Å². The van der Waals surface area contributed by atoms with E-state index in [9.17, 15) is 14.7 Å². The number of ether oxygens (including phenoxy) is 1. The molecule has 0 aliphatic carbocycles. The second-order valence-electron chi connectivity index (χ2n) is 6.03. The Morgan fingerprint density at radius 2 is 1.89 bits per heavy atom. The Morgan fingerprint density at radius 3 is 2.26 bits per heavy atom. The standard InChI is InChI=1S/C14H23NO4/c1-5-6-14(11(16)17)7-9-15(10-8-14)12(18)19-13(2,3)4/h5H,1,6-10H2,2-4H3,(H,16,17)/p-1. The number of hydrogen-bond donors (Lipinski definition) is 0. The first-order valence-corrected chi connectivity index (χ1v) is 6.50. The smallest absolute Gasteiger partial charge is 0.410 e. The Labute approximate surface area is 114 Å². The molecule has 0 aromatic rings. The molecule has 1 rings (SSSR count). The number of hydrogen-bond acceptors (Lipinski definition) is 4. The number of amides is 1. The second-order valence-corrected chi connectivity index (χ2v) is 6.03. The first-order chi connectivity index (χ1) is 8.70. The van der Waals surface area contributed by atoms with Crippen LogP contribution in [0.25, 0.3) is 0 Å². The summed E-state index contributed by atoms with van der Waals surface area (Å²) < 4.78 is 5.27. The third-order valence-corrected chi connectivity index (χ3v) is 3.34. The maximum absolute atomic E-state index is 11.9. The number of carbonyl (C=O) groups is 2. The fraction of sp³-hybridized carbons (Fsp3) is 0.714. The van der Waals surface area contributed by atoms with Crippen LogP contribution in [0.5, 0.6) is 0 Å². The van der Waals surface area contributed by atoms with Crippen LogP contribution in [0.4, 0.5) is 4.79 Å². The first kappa shape index (κ1) is 15.5. The highest BCUT2D eigenvalue weighted by molar-refractivity contribution is 5.74. The zero-order valence-corrected chi connectivity index (χ0v) is 11.9. The first-order valence-electron chi connectivity index (χ1n) is 6.50. The molecule has 5 heteroatoms. The Kier molecular flexibility index (Phi) is 4.61. The van der Waals surface area contributed by atoms with E-state index in [-0.39, 0.29) is 0 Å². The molecular formula is C14H22NO4-. The molecule has 0 saturated carbocycles. The number of allylic oxidation sites excluding steroid dienone is 1. The van der Waals surface area contributed by atoms with Gasteiger partial charge in [0, 0.05) is 24.5 Å². The van der Waals surface area contributed by atoms with Crippen LogP contribution in [0.3, 0.4) is 0 Å². The molecule has 0 N–H and O–H groups in total. The quantitative estimate of drug-likeness (QED) is 0.724. The summed E-state index contributed by atoms with van der Waals surface area (Å²) in [5.74, 6) is -1.06. The van der Waals surface area contributed by atoms with Crippen molar-refractivity contribution in [2.45, 2.75) is 45.6 Å². The monoisotopic (exact) mass is 268 g/mol. The van der Waals surface area contributed by atoms with Gasteiger partial charge in [-0.1, -0.05) is 6.08 Å². The lowest BCUT2D eigenvalue weighted by Crippen LogP contribution is -2.51. The van der Waals surface area contributed by atoms with Crippen LogP contribution in [0.1, 0.15) is 40.0 Å². The third kappa shape index (κ3) is 3.98. The van der Waals surface area contributed by atoms with Crippen molar-refractivity contribution in [1.82, 2.24) is 4.90 Å². The number of nitrogens with zero attached hydrogens (tertiary/aromatic N) is 1. The Bertz CT molecular complexity index is 362. The van der Waals surface area contributed by atoms with E-state index in [1.54, 1.807) is 31.7 Å². The van der Waals surface area contributed by atoms with Gasteiger partial charge in [0.2, 0.25) is 0 Å². The lowest BCUT2D eigenvalue weighted by Gasteiger charge is -2.42. The van der Waals surface area contributed by atoms with Gasteiger partial charge in [0.05, 0.1) is 0 Å². The van der Waals surface area contributed by atoms with Gasteiger partial charge in [0.15, 0.2) is 0 Å². The minimum absolute atomic E-state index is 0.372. The van der Waals surface area contributed by atoms with E-state index in [2.05, 4.69) is 6.58 Å². The molecule has 1 fully saturated rings. The van der Waals surface area contributed by atoms with E-state index in [0.717, 1.165) is 0 Å². The summed E-state index contributed by atoms with van der Waals surface area (Å²) in [6.07, 6.45) is 2.33. The van der Waals surface area contributed by atoms with Crippen molar-refractivity contribution in [2.75, 3.05) is 13.1 Å². The molecule has 0 aromatic heterocycles. The maximum atomic E-state index is 11.9. The summed E-state index contributed by atoms with van der Waals surface area (Å²) in [4.78, 5) is 24.7. The van der Waals surface area contributed by atoms with Crippen molar-refractivity contribution in [3.63, 3.8) is 0 Å². The van der Waals surface area contributed by atoms with Crippen LogP contribution in [-0.4, -0.2) is 35.7 Å². The fourth-order valence-corrected chi connectivity index (χ4v) is 2.21. The van der Waals surface area contributed by atoms with E-state index < -0.39 is 23.1 Å². The second kappa shape index (κ2) is 5.63. The molecule has 0 radical (unpaired) electrons. The van der Waals surface area contributed by atoms with Gasteiger partial charge in [0.25, 0.3) is 0 Å². The summed E-state index contributed by atoms with van der Waals surface area (Å²) in [5.41, 5.74) is -1.43. The van der Waals surface area contributed by atoms with Gasteiger partial charge in [-0.15, -0.1) is 6.58 Å². The highest BCUT2D eigenvalue weighted by atomic mass is 16.6. The number of aliphatic carboxylic acids is 1. The molecule has 0 bridgehead atoms. The van der Waals surface area contributed by atoms with Crippen LogP contribution in [-0.2, 0) is 9.53 Å². The van der Waals surface area contributed by atoms with Crippen molar-refractivity contribution in [3.05, 3.63) is 12.7 Å². The number of rotatable bonds is 3. The van der Waals surface area contributed by atoms with Gasteiger partial charge in [-0.05, 0) is 40.0 Å². The molecule has 1 amide bonds. The molecule has 19 heavy (non-hydrogen) atoms. The summed E-state index contributed by atoms with van der Waals surface area (Å²) >= 11 is 0. The highest BCUT2D eigenvalue weighted by Crippen LogP contribution is 2.35. The molecule has 5 nitrogen and oxygen atoms in total. The fourth-order valence-electron chi connectivity index (χ4n) is 2.21. The molecule has 108 valence electrons. The number of likely N-dealkylation sites (tertiary alicyclic amines) is 1. The van der Waals surface area contributed by atoms with E-state index in [1.165, 1.54) is 0 Å². The normalized spacial score (nSPS) is 18.8. The zero-order chi connectivity index (χ0) is 14.7. The summed E-state index contributed by atoms with van der Waals surface area (Å²) in [6, 6.07) is 0. The van der Waals surface area contributed by atoms with Crippen molar-refractivity contribution in [1.29, 1.82) is 0 Å². The van der Waals surface area contributed by atoms with Gasteiger partial charge < -0.3 is 19.5 Å². The minimum Gasteiger partial charge on any atom is -0.550 e. The van der Waals surface area contributed by atoms with Crippen LogP contribution >= 0.6 is 0 Å². The van der Waals surface area contributed by atoms with Gasteiger partial charge >= 0.3 is 6.09 Å². The lowest BCUT2D eigenvalue weighted by molar-refractivity contribution is -0.321. The summed E-state index contributed by atoms with van der Waals surface area (Å²) in [6.45, 7) is 9.74. The molecule has 0 spiro atoms. The average Bonchev–Trinajstić information content (AvgIpc) is 2.27. The van der Waals surface area contributed by atoms with Crippen LogP contribution in [0.15, 0.2) is 12.7 Å². The van der Waals surface area contributed by atoms with Crippen LogP contribution < -0.4 is 5.11 Å². The lowest BCUT2D eigenvalue weighted by atomic mass is 9.76. The van der Waals surface area contributed by atoms with Crippen LogP contribution in [0.2, 0.25) is 0 Å². The molecule has 1 heterocycles. The van der Waals surface area contributed by atoms with Crippen LogP contribution in [0, 0.1) is 5.41 Å². The molecule has 0 unspecified atom stereocenters. The molecule has 1 saturated heterocycles. The molecule has 1 aliphatic heterocycles. The predicted molar refractivity (Wildman–Crippen MR) is 69.3 cm³/mol. The van der Waals surface area contributed by atoms with Gasteiger partial charge in [0.1, 0.15) is 5.60 Å². The maximum Gasteiger partial charge on any atom is 0.410 e. The largest absolute Gasteiger partial charge is 0.550 e. The van der Waals surface area contributed by atoms with E-state index in [1.807, 2.05) is 0 Å². The number of carboxylic acid groups (broad SMARTS) is 1. The van der Waals surface area contributed by atoms with E-state index in [4.69, 9.17) is 4.74 Å². The minimum atomic E-state index is -1.06. The SMILES string of the molecule is C=CCC1(C(=O)[O-])CCN(C(=O)OC(C)(C)C)CC1. The number of carboxylic acids is 1. The number of carbonyl (C=O) groups excluding carboxylic acids is 2. The van der Waals surface area contributed by atoms with Gasteiger partial charge in [-0.3, -0.25) is 0 Å². The Morgan fingerprint density at radius 1 is 1.37 bits per heavy atom.